The van der Waals surface area contributed by atoms with Crippen molar-refractivity contribution in [2.75, 3.05) is 91.6 Å². The molecule has 416 valence electrons. The van der Waals surface area contributed by atoms with Crippen LogP contribution in [0.1, 0.15) is 56.9 Å². The molecule has 1 aromatic carbocycles. The molecule has 0 aromatic heterocycles. The van der Waals surface area contributed by atoms with Gasteiger partial charge in [-0.1, -0.05) is 30.3 Å². The molecule has 1 unspecified atom stereocenters. The molecular weight excluding hydrogens is 1060 g/mol. The minimum Gasteiger partial charge on any atom is -0.481 e. The second kappa shape index (κ2) is 34.7. The summed E-state index contributed by atoms with van der Waals surface area (Å²) in [6.45, 7) is -1.14. The summed E-state index contributed by atoms with van der Waals surface area (Å²) in [6.07, 6.45) is -1.00. The fourth-order valence-electron chi connectivity index (χ4n) is 8.27. The second-order valence-electron chi connectivity index (χ2n) is 18.0. The Morgan fingerprint density at radius 2 is 1.11 bits per heavy atom. The average molecular weight is 1130 g/mol. The quantitative estimate of drug-likeness (QED) is 0.0199. The molecule has 2 heterocycles. The summed E-state index contributed by atoms with van der Waals surface area (Å²) in [5, 5.41) is 63.6. The number of carbonyl (C=O) groups is 11. The first kappa shape index (κ1) is 65.2. The zero-order valence-corrected chi connectivity index (χ0v) is 44.7. The van der Waals surface area contributed by atoms with E-state index in [4.69, 9.17) is 11.5 Å². The molecule has 0 radical (unpaired) electrons. The molecule has 6 amide bonds. The molecule has 0 bridgehead atoms. The van der Waals surface area contributed by atoms with E-state index in [0.717, 1.165) is 0 Å². The second-order valence-corrected chi connectivity index (χ2v) is 18.0. The normalized spacial score (nSPS) is 20.8. The molecule has 3 rings (SSSR count). The Morgan fingerprint density at radius 1 is 0.618 bits per heavy atom. The van der Waals surface area contributed by atoms with E-state index in [1.165, 1.54) is 0 Å². The van der Waals surface area contributed by atoms with Gasteiger partial charge in [-0.15, -0.1) is 0 Å². The number of rotatable bonds is 24. The van der Waals surface area contributed by atoms with Crippen LogP contribution in [0.5, 0.6) is 0 Å². The number of carboxylic acid groups (broad SMARTS) is 5. The van der Waals surface area contributed by atoms with E-state index in [0.29, 0.717) is 5.56 Å². The van der Waals surface area contributed by atoms with Gasteiger partial charge in [0.2, 0.25) is 35.4 Å². The molecule has 5 atom stereocenters. The molecule has 2 aliphatic heterocycles. The zero-order valence-electron chi connectivity index (χ0n) is 42.2. The van der Waals surface area contributed by atoms with E-state index < -0.39 is 122 Å². The number of carboxylic acids is 5. The van der Waals surface area contributed by atoms with E-state index in [-0.39, 0.29) is 149 Å². The maximum Gasteiger partial charge on any atom is 3.00 e. The van der Waals surface area contributed by atoms with Crippen LogP contribution in [0.4, 0.5) is 0 Å². The summed E-state index contributed by atoms with van der Waals surface area (Å²) in [5.41, 5.74) is 11.4. The van der Waals surface area contributed by atoms with Gasteiger partial charge in [0.1, 0.15) is 30.2 Å². The number of amides is 6. The van der Waals surface area contributed by atoms with Gasteiger partial charge in [-0.3, -0.25) is 77.3 Å². The Labute approximate surface area is 451 Å². The fourth-order valence-corrected chi connectivity index (χ4v) is 8.27. The monoisotopic (exact) mass is 1130 g/mol. The molecule has 15 N–H and O–H groups in total. The van der Waals surface area contributed by atoms with E-state index in [9.17, 15) is 78.3 Å². The van der Waals surface area contributed by atoms with Gasteiger partial charge in [-0.2, -0.15) is 0 Å². The number of nitrogens with two attached hydrogens (primary N) is 2. The number of aliphatic imine (C=N–C) groups is 1. The Bertz CT molecular complexity index is 2140. The van der Waals surface area contributed by atoms with Crippen molar-refractivity contribution in [3.8, 4) is 0 Å². The standard InChI is InChI=1S/C46H71N13O16.Ga/c47-46(48)50-14-6-10-30-41(70)51-25-36(61)52-33(24-37(62)63)44(73)55-32(23-29-7-2-1-3-8-29)43(72)54-31(42(71)53-30)9-4-5-13-49-35(60)12-11-34(45(74)75)59-21-19-57(27-39(66)67)17-15-56(26-38(64)65)16-18-58(20-22-59)28-40(68)69;/h1-3,7-8,30-34H,4-6,9-28H2,(H,49,60)(H,51,70)(H,52,61)(H,53,71)(H,54,72)(H,55,73)(H,62,63)(H,64,65)(H,66,67)(H,68,69)(H,74,75)(H4,47,48,50);/q;+3/t30-,31-,32+,33-,34?;/m0./s1/i;1-2. The first-order valence-corrected chi connectivity index (χ1v) is 24.4. The zero-order chi connectivity index (χ0) is 55.5. The van der Waals surface area contributed by atoms with Gasteiger partial charge in [0.15, 0.2) is 5.96 Å². The first-order chi connectivity index (χ1) is 35.6. The van der Waals surface area contributed by atoms with Gasteiger partial charge < -0.3 is 68.9 Å². The predicted octanol–water partition coefficient (Wildman–Crippen LogP) is -5.56. The first-order valence-electron chi connectivity index (χ1n) is 24.4. The molecule has 29 nitrogen and oxygen atoms in total. The third-order valence-corrected chi connectivity index (χ3v) is 12.1. The molecule has 0 spiro atoms. The summed E-state index contributed by atoms with van der Waals surface area (Å²) in [7, 11) is 0. The molecule has 0 saturated carbocycles. The number of nitrogens with one attached hydrogen (secondary N) is 6. The SMILES string of the molecule is NC(N)=NCCC[C@@H]1NC(=O)[C@H](CCCCNC(=O)CCC(C(=O)O)N2CCN(CC(=O)O)CCN(CC(=O)O)CCN(CC(=O)O)CC2)NC(=O)[C@@H](Cc2ccccc2)NC(=O)[C@H](CC(=O)O)NC(=O)CNC1=O.[68Ga+3]. The minimum atomic E-state index is -1.67. The molecule has 2 saturated heterocycles. The van der Waals surface area contributed by atoms with Crippen molar-refractivity contribution < 1.29 is 78.3 Å². The fraction of sp³-hybridized carbons (Fsp3) is 0.609. The maximum absolute atomic E-state index is 14.1. The number of hydrogen-bond acceptors (Lipinski definition) is 16. The Hall–Kier alpha value is -6.86. The van der Waals surface area contributed by atoms with Crippen molar-refractivity contribution in [2.45, 2.75) is 88.0 Å². The average Bonchev–Trinajstić information content (AvgIpc) is 3.33. The summed E-state index contributed by atoms with van der Waals surface area (Å²) >= 11 is 0. The number of aliphatic carboxylic acids is 5. The van der Waals surface area contributed by atoms with E-state index in [1.807, 2.05) is 0 Å². The topological polar surface area (TPSA) is 438 Å². The van der Waals surface area contributed by atoms with Crippen LogP contribution >= 0.6 is 0 Å². The third-order valence-electron chi connectivity index (χ3n) is 12.1. The van der Waals surface area contributed by atoms with Crippen LogP contribution in [-0.4, -0.2) is 258 Å². The van der Waals surface area contributed by atoms with Crippen molar-refractivity contribution in [1.82, 2.24) is 51.5 Å². The van der Waals surface area contributed by atoms with Crippen LogP contribution in [0, 0.1) is 0 Å². The van der Waals surface area contributed by atoms with Crippen molar-refractivity contribution in [3.05, 3.63) is 35.9 Å². The van der Waals surface area contributed by atoms with Crippen LogP contribution in [0.25, 0.3) is 0 Å². The van der Waals surface area contributed by atoms with Crippen LogP contribution in [0.3, 0.4) is 0 Å². The molecule has 76 heavy (non-hydrogen) atoms. The van der Waals surface area contributed by atoms with Crippen molar-refractivity contribution >= 4 is 91.0 Å². The number of unbranched alkanes of at least 4 members (excludes halogenated alkanes) is 1. The van der Waals surface area contributed by atoms with Gasteiger partial charge in [0, 0.05) is 78.3 Å². The maximum atomic E-state index is 14.1. The van der Waals surface area contributed by atoms with Crippen LogP contribution in [-0.2, 0) is 59.2 Å². The predicted molar refractivity (Wildman–Crippen MR) is 270 cm³/mol. The largest absolute Gasteiger partial charge is 3.00 e. The number of benzene rings is 1. The number of carbonyl (C=O) groups excluding carboxylic acids is 6. The smallest absolute Gasteiger partial charge is 0.481 e. The summed E-state index contributed by atoms with van der Waals surface area (Å²) < 4.78 is 0. The summed E-state index contributed by atoms with van der Waals surface area (Å²) in [6, 6.07) is 1.47. The van der Waals surface area contributed by atoms with Crippen LogP contribution < -0.4 is 43.4 Å². The minimum absolute atomic E-state index is 0. The number of guanidine groups is 1. The molecule has 0 aliphatic carbocycles. The van der Waals surface area contributed by atoms with E-state index >= 15 is 0 Å². The molecule has 2 fully saturated rings. The van der Waals surface area contributed by atoms with Crippen molar-refractivity contribution in [2.24, 2.45) is 16.5 Å². The summed E-state index contributed by atoms with van der Waals surface area (Å²) in [5.74, 6) is -11.4. The van der Waals surface area contributed by atoms with Gasteiger partial charge in [-0.25, -0.2) is 0 Å². The Kier molecular flexibility index (Phi) is 29.8. The van der Waals surface area contributed by atoms with E-state index in [2.05, 4.69) is 36.9 Å². The van der Waals surface area contributed by atoms with Crippen molar-refractivity contribution in [3.63, 3.8) is 0 Å². The van der Waals surface area contributed by atoms with Gasteiger partial charge in [-0.05, 0) is 44.1 Å². The van der Waals surface area contributed by atoms with Gasteiger partial charge in [0.25, 0.3) is 0 Å². The summed E-state index contributed by atoms with van der Waals surface area (Å²) in [4.78, 5) is 151. The molecule has 30 heteroatoms. The molecule has 2 aliphatic rings. The molecule has 1 aromatic rings. The van der Waals surface area contributed by atoms with Gasteiger partial charge in [0.05, 0.1) is 32.6 Å². The van der Waals surface area contributed by atoms with Crippen LogP contribution in [0.15, 0.2) is 35.3 Å². The third kappa shape index (κ3) is 26.1. The number of hydrogen-bond donors (Lipinski definition) is 13. The Morgan fingerprint density at radius 3 is 1.62 bits per heavy atom. The van der Waals surface area contributed by atoms with E-state index in [1.54, 1.807) is 49.9 Å². The van der Waals surface area contributed by atoms with Gasteiger partial charge >= 0.3 is 49.6 Å². The Balaban J connectivity index is 0.0000198. The molecular formula is C46H71GaN13O16+3. The van der Waals surface area contributed by atoms with Crippen molar-refractivity contribution in [1.29, 1.82) is 0 Å². The number of nitrogens with zero attached hydrogens (tertiary/aromatic N) is 5. The van der Waals surface area contributed by atoms with Crippen LogP contribution in [0.2, 0.25) is 0 Å².